The van der Waals surface area contributed by atoms with Gasteiger partial charge in [0, 0.05) is 0 Å². The normalized spacial score (nSPS) is 24.0. The summed E-state index contributed by atoms with van der Waals surface area (Å²) in [5.74, 6) is 0.862. The maximum Gasteiger partial charge on any atom is 0.292 e. The summed E-state index contributed by atoms with van der Waals surface area (Å²) in [5.41, 5.74) is 6.55. The van der Waals surface area contributed by atoms with Crippen LogP contribution in [0.3, 0.4) is 0 Å². The molecule has 1 atom stereocenters. The van der Waals surface area contributed by atoms with Gasteiger partial charge in [-0.3, -0.25) is 4.90 Å². The van der Waals surface area contributed by atoms with Crippen molar-refractivity contribution < 1.29 is 4.42 Å². The van der Waals surface area contributed by atoms with Gasteiger partial charge in [0.25, 0.3) is 6.01 Å². The molecule has 0 radical (unpaired) electrons. The lowest BCUT2D eigenvalue weighted by Crippen LogP contribution is -2.30. The van der Waals surface area contributed by atoms with E-state index in [1.807, 2.05) is 6.92 Å². The Balaban J connectivity index is 2.24. The Morgan fingerprint density at radius 3 is 2.86 bits per heavy atom. The molecule has 1 aliphatic rings. The average Bonchev–Trinajstić information content (AvgIpc) is 2.46. The van der Waals surface area contributed by atoms with E-state index in [9.17, 15) is 0 Å². The zero-order valence-electron chi connectivity index (χ0n) is 8.79. The summed E-state index contributed by atoms with van der Waals surface area (Å²) in [6.07, 6.45) is 3.70. The summed E-state index contributed by atoms with van der Waals surface area (Å²) in [7, 11) is 2.13. The molecule has 1 fully saturated rings. The van der Waals surface area contributed by atoms with Crippen molar-refractivity contribution in [2.24, 2.45) is 0 Å². The predicted molar refractivity (Wildman–Crippen MR) is 54.9 cm³/mol. The molecule has 4 heteroatoms. The Bertz CT molecular complexity index is 321. The van der Waals surface area contributed by atoms with Crippen LogP contribution < -0.4 is 5.73 Å². The molecule has 1 unspecified atom stereocenters. The number of likely N-dealkylation sites (tertiary alicyclic amines) is 1. The number of anilines is 1. The van der Waals surface area contributed by atoms with Crippen LogP contribution in [0, 0.1) is 6.92 Å². The first-order valence-corrected chi connectivity index (χ1v) is 5.11. The predicted octanol–water partition coefficient (Wildman–Crippen LogP) is 1.72. The Kier molecular flexibility index (Phi) is 2.46. The number of nitrogens with two attached hydrogens (primary N) is 1. The number of nitrogen functional groups attached to an aromatic ring is 1. The molecule has 0 aliphatic carbocycles. The van der Waals surface area contributed by atoms with Gasteiger partial charge in [-0.2, -0.15) is 4.98 Å². The minimum atomic E-state index is 0.288. The Morgan fingerprint density at radius 1 is 1.50 bits per heavy atom. The molecule has 0 aromatic carbocycles. The maximum absolute atomic E-state index is 5.54. The molecule has 1 saturated heterocycles. The van der Waals surface area contributed by atoms with E-state index in [2.05, 4.69) is 16.9 Å². The number of aromatic nitrogens is 1. The molecule has 0 spiro atoms. The van der Waals surface area contributed by atoms with Crippen molar-refractivity contribution in [1.82, 2.24) is 9.88 Å². The summed E-state index contributed by atoms with van der Waals surface area (Å²) in [4.78, 5) is 6.58. The average molecular weight is 195 g/mol. The highest BCUT2D eigenvalue weighted by molar-refractivity contribution is 5.22. The van der Waals surface area contributed by atoms with E-state index >= 15 is 0 Å². The zero-order chi connectivity index (χ0) is 10.1. The van der Waals surface area contributed by atoms with Crippen molar-refractivity contribution >= 4 is 6.01 Å². The van der Waals surface area contributed by atoms with Gasteiger partial charge in [0.15, 0.2) is 0 Å². The molecule has 1 aromatic heterocycles. The van der Waals surface area contributed by atoms with Crippen molar-refractivity contribution in [2.75, 3.05) is 19.3 Å². The largest absolute Gasteiger partial charge is 0.429 e. The van der Waals surface area contributed by atoms with Crippen molar-refractivity contribution in [3.8, 4) is 0 Å². The first-order chi connectivity index (χ1) is 6.68. The fraction of sp³-hybridized carbons (Fsp3) is 0.700. The minimum Gasteiger partial charge on any atom is -0.429 e. The first kappa shape index (κ1) is 9.52. The van der Waals surface area contributed by atoms with Gasteiger partial charge >= 0.3 is 0 Å². The molecule has 1 aromatic rings. The third kappa shape index (κ3) is 1.62. The molecule has 2 N–H and O–H groups in total. The van der Waals surface area contributed by atoms with Crippen LogP contribution in [0.2, 0.25) is 0 Å². The van der Waals surface area contributed by atoms with Crippen molar-refractivity contribution in [3.05, 3.63) is 11.5 Å². The molecule has 0 amide bonds. The number of nitrogens with zero attached hydrogens (tertiary/aromatic N) is 2. The van der Waals surface area contributed by atoms with E-state index in [-0.39, 0.29) is 6.01 Å². The minimum absolute atomic E-state index is 0.288. The molecular weight excluding hydrogens is 178 g/mol. The van der Waals surface area contributed by atoms with Gasteiger partial charge in [0.05, 0.1) is 6.04 Å². The second-order valence-corrected chi connectivity index (χ2v) is 3.99. The van der Waals surface area contributed by atoms with Gasteiger partial charge in [-0.1, -0.05) is 6.42 Å². The SMILES string of the molecule is Cc1oc(N)nc1C1CCCCN1C. The maximum atomic E-state index is 5.54. The van der Waals surface area contributed by atoms with E-state index in [0.717, 1.165) is 24.4 Å². The molecule has 4 nitrogen and oxygen atoms in total. The fourth-order valence-electron chi connectivity index (χ4n) is 2.16. The standard InChI is InChI=1S/C10H17N3O/c1-7-9(12-10(11)14-7)8-5-3-4-6-13(8)2/h8H,3-6H2,1-2H3,(H2,11,12). The molecule has 78 valence electrons. The van der Waals surface area contributed by atoms with E-state index in [1.54, 1.807) is 0 Å². The van der Waals surface area contributed by atoms with Crippen LogP contribution in [0.4, 0.5) is 6.01 Å². The van der Waals surface area contributed by atoms with Gasteiger partial charge in [-0.15, -0.1) is 0 Å². The van der Waals surface area contributed by atoms with Crippen LogP contribution in [-0.2, 0) is 0 Å². The number of hydrogen-bond acceptors (Lipinski definition) is 4. The van der Waals surface area contributed by atoms with E-state index in [0.29, 0.717) is 6.04 Å². The third-order valence-corrected chi connectivity index (χ3v) is 2.94. The van der Waals surface area contributed by atoms with E-state index in [4.69, 9.17) is 10.2 Å². The quantitative estimate of drug-likeness (QED) is 0.741. The van der Waals surface area contributed by atoms with Crippen LogP contribution in [0.1, 0.15) is 36.8 Å². The molecule has 0 saturated carbocycles. The molecule has 2 heterocycles. The van der Waals surface area contributed by atoms with Crippen LogP contribution in [0.15, 0.2) is 4.42 Å². The lowest BCUT2D eigenvalue weighted by molar-refractivity contribution is 0.182. The highest BCUT2D eigenvalue weighted by Gasteiger charge is 2.25. The third-order valence-electron chi connectivity index (χ3n) is 2.94. The van der Waals surface area contributed by atoms with Crippen LogP contribution in [0.25, 0.3) is 0 Å². The van der Waals surface area contributed by atoms with Crippen LogP contribution >= 0.6 is 0 Å². The second-order valence-electron chi connectivity index (χ2n) is 3.99. The highest BCUT2D eigenvalue weighted by Crippen LogP contribution is 2.31. The monoisotopic (exact) mass is 195 g/mol. The van der Waals surface area contributed by atoms with Crippen LogP contribution in [0.5, 0.6) is 0 Å². The van der Waals surface area contributed by atoms with Gasteiger partial charge in [-0.25, -0.2) is 0 Å². The second kappa shape index (κ2) is 3.61. The molecule has 2 rings (SSSR count). The summed E-state index contributed by atoms with van der Waals surface area (Å²) < 4.78 is 5.26. The van der Waals surface area contributed by atoms with Crippen molar-refractivity contribution in [1.29, 1.82) is 0 Å². The molecule has 0 bridgehead atoms. The lowest BCUT2D eigenvalue weighted by Gasteiger charge is -2.31. The van der Waals surface area contributed by atoms with Crippen LogP contribution in [-0.4, -0.2) is 23.5 Å². The van der Waals surface area contributed by atoms with Gasteiger partial charge < -0.3 is 10.2 Å². The smallest absolute Gasteiger partial charge is 0.292 e. The number of hydrogen-bond donors (Lipinski definition) is 1. The van der Waals surface area contributed by atoms with Gasteiger partial charge in [0.1, 0.15) is 11.5 Å². The number of rotatable bonds is 1. The van der Waals surface area contributed by atoms with E-state index < -0.39 is 0 Å². The Labute approximate surface area is 84.1 Å². The Morgan fingerprint density at radius 2 is 2.29 bits per heavy atom. The molecule has 1 aliphatic heterocycles. The topological polar surface area (TPSA) is 55.3 Å². The molecular formula is C10H17N3O. The summed E-state index contributed by atoms with van der Waals surface area (Å²) >= 11 is 0. The highest BCUT2D eigenvalue weighted by atomic mass is 16.4. The fourth-order valence-corrected chi connectivity index (χ4v) is 2.16. The van der Waals surface area contributed by atoms with Gasteiger partial charge in [0.2, 0.25) is 0 Å². The lowest BCUT2D eigenvalue weighted by atomic mass is 9.99. The van der Waals surface area contributed by atoms with Gasteiger partial charge in [-0.05, 0) is 33.4 Å². The van der Waals surface area contributed by atoms with Crippen molar-refractivity contribution in [3.63, 3.8) is 0 Å². The van der Waals surface area contributed by atoms with Crippen molar-refractivity contribution in [2.45, 2.75) is 32.2 Å². The molecule has 14 heavy (non-hydrogen) atoms. The summed E-state index contributed by atoms with van der Waals surface area (Å²) in [6.45, 7) is 3.07. The summed E-state index contributed by atoms with van der Waals surface area (Å²) in [6, 6.07) is 0.682. The summed E-state index contributed by atoms with van der Waals surface area (Å²) in [5, 5.41) is 0. The Hall–Kier alpha value is -1.03. The zero-order valence-corrected chi connectivity index (χ0v) is 8.79. The first-order valence-electron chi connectivity index (χ1n) is 5.11. The number of piperidine rings is 1. The van der Waals surface area contributed by atoms with E-state index in [1.165, 1.54) is 12.8 Å². The number of oxazole rings is 1. The number of aryl methyl sites for hydroxylation is 1.